The van der Waals surface area contributed by atoms with E-state index >= 15 is 0 Å². The van der Waals surface area contributed by atoms with E-state index in [-0.39, 0.29) is 0 Å². The monoisotopic (exact) mass is 229 g/mol. The number of anilines is 1. The van der Waals surface area contributed by atoms with Gasteiger partial charge in [-0.15, -0.1) is 0 Å². The van der Waals surface area contributed by atoms with Gasteiger partial charge in [0.15, 0.2) is 0 Å². The Bertz CT molecular complexity index is 559. The predicted octanol–water partition coefficient (Wildman–Crippen LogP) is 2.38. The molecule has 0 atom stereocenters. The van der Waals surface area contributed by atoms with Gasteiger partial charge in [-0.2, -0.15) is 0 Å². The molecular weight excluding hydrogens is 210 g/mol. The second-order valence-corrected chi connectivity index (χ2v) is 4.59. The maximum atomic E-state index is 5.85. The molecule has 3 nitrogen and oxygen atoms in total. The quantitative estimate of drug-likeness (QED) is 0.859. The molecule has 0 aliphatic heterocycles. The van der Waals surface area contributed by atoms with Crippen LogP contribution in [-0.2, 0) is 6.54 Å². The van der Waals surface area contributed by atoms with Crippen molar-refractivity contribution in [2.45, 2.75) is 20.4 Å². The molecule has 90 valence electrons. The van der Waals surface area contributed by atoms with Crippen molar-refractivity contribution < 1.29 is 0 Å². The number of para-hydroxylation sites is 1. The molecule has 0 spiro atoms. The third kappa shape index (κ3) is 1.87. The molecule has 2 aromatic rings. The first-order valence-electron chi connectivity index (χ1n) is 5.82. The maximum absolute atomic E-state index is 5.85. The number of aryl methyl sites for hydroxylation is 2. The normalized spacial score (nSPS) is 10.9. The number of aromatic nitrogens is 1. The van der Waals surface area contributed by atoms with Crippen LogP contribution in [0, 0.1) is 13.8 Å². The van der Waals surface area contributed by atoms with Crippen molar-refractivity contribution in [2.24, 2.45) is 5.73 Å². The maximum Gasteiger partial charge on any atom is 0.0755 e. The standard InChI is InChI=1S/C14H19N3/c1-9-6-5-7-11-13(9)16-10(2)12(8-15)14(11)17(3)4/h5-7H,8,15H2,1-4H3. The Kier molecular flexibility index (Phi) is 3.03. The lowest BCUT2D eigenvalue weighted by molar-refractivity contribution is 0.992. The summed E-state index contributed by atoms with van der Waals surface area (Å²) in [7, 11) is 4.10. The van der Waals surface area contributed by atoms with Gasteiger partial charge in [0, 0.05) is 37.3 Å². The van der Waals surface area contributed by atoms with E-state index in [9.17, 15) is 0 Å². The van der Waals surface area contributed by atoms with Gasteiger partial charge in [0.25, 0.3) is 0 Å². The van der Waals surface area contributed by atoms with Gasteiger partial charge in [-0.1, -0.05) is 18.2 Å². The van der Waals surface area contributed by atoms with Crippen LogP contribution in [0.3, 0.4) is 0 Å². The van der Waals surface area contributed by atoms with E-state index < -0.39 is 0 Å². The Balaban J connectivity index is 2.93. The largest absolute Gasteiger partial charge is 0.377 e. The fraction of sp³-hybridized carbons (Fsp3) is 0.357. The lowest BCUT2D eigenvalue weighted by atomic mass is 10.0. The fourth-order valence-electron chi connectivity index (χ4n) is 2.32. The number of pyridine rings is 1. The average Bonchev–Trinajstić information content (AvgIpc) is 2.28. The Morgan fingerprint density at radius 1 is 1.24 bits per heavy atom. The van der Waals surface area contributed by atoms with E-state index in [1.807, 2.05) is 6.92 Å². The van der Waals surface area contributed by atoms with Crippen LogP contribution in [0.25, 0.3) is 10.9 Å². The summed E-state index contributed by atoms with van der Waals surface area (Å²) in [6.07, 6.45) is 0. The molecule has 0 saturated carbocycles. The third-order valence-electron chi connectivity index (χ3n) is 3.15. The van der Waals surface area contributed by atoms with Crippen molar-refractivity contribution in [1.29, 1.82) is 0 Å². The van der Waals surface area contributed by atoms with Gasteiger partial charge >= 0.3 is 0 Å². The Labute approximate surface area is 102 Å². The number of rotatable bonds is 2. The van der Waals surface area contributed by atoms with Gasteiger partial charge in [-0.25, -0.2) is 0 Å². The molecule has 1 heterocycles. The lowest BCUT2D eigenvalue weighted by Crippen LogP contribution is -2.16. The van der Waals surface area contributed by atoms with Crippen LogP contribution in [0.4, 0.5) is 5.69 Å². The molecule has 17 heavy (non-hydrogen) atoms. The molecule has 0 aliphatic carbocycles. The Morgan fingerprint density at radius 2 is 1.94 bits per heavy atom. The predicted molar refractivity (Wildman–Crippen MR) is 73.4 cm³/mol. The molecule has 1 aromatic carbocycles. The zero-order valence-corrected chi connectivity index (χ0v) is 10.9. The van der Waals surface area contributed by atoms with Crippen LogP contribution >= 0.6 is 0 Å². The summed E-state index contributed by atoms with van der Waals surface area (Å²) in [6, 6.07) is 6.28. The minimum atomic E-state index is 0.524. The van der Waals surface area contributed by atoms with Crippen molar-refractivity contribution >= 4 is 16.6 Å². The zero-order chi connectivity index (χ0) is 12.6. The topological polar surface area (TPSA) is 42.2 Å². The minimum Gasteiger partial charge on any atom is -0.377 e. The van der Waals surface area contributed by atoms with Crippen molar-refractivity contribution in [3.05, 3.63) is 35.0 Å². The molecule has 2 N–H and O–H groups in total. The van der Waals surface area contributed by atoms with Crippen molar-refractivity contribution in [3.8, 4) is 0 Å². The fourth-order valence-corrected chi connectivity index (χ4v) is 2.32. The van der Waals surface area contributed by atoms with E-state index in [0.717, 1.165) is 16.8 Å². The highest BCUT2D eigenvalue weighted by atomic mass is 15.1. The third-order valence-corrected chi connectivity index (χ3v) is 3.15. The molecule has 0 saturated heterocycles. The van der Waals surface area contributed by atoms with Crippen LogP contribution in [0.2, 0.25) is 0 Å². The summed E-state index contributed by atoms with van der Waals surface area (Å²) < 4.78 is 0. The van der Waals surface area contributed by atoms with Gasteiger partial charge in [0.2, 0.25) is 0 Å². The first-order valence-corrected chi connectivity index (χ1v) is 5.82. The van der Waals surface area contributed by atoms with E-state index in [4.69, 9.17) is 5.73 Å². The summed E-state index contributed by atoms with van der Waals surface area (Å²) >= 11 is 0. The van der Waals surface area contributed by atoms with E-state index in [0.29, 0.717) is 6.54 Å². The molecule has 0 fully saturated rings. The van der Waals surface area contributed by atoms with Gasteiger partial charge in [0.05, 0.1) is 11.2 Å². The summed E-state index contributed by atoms with van der Waals surface area (Å²) in [6.45, 7) is 4.65. The lowest BCUT2D eigenvalue weighted by Gasteiger charge is -2.21. The Morgan fingerprint density at radius 3 is 2.53 bits per heavy atom. The number of hydrogen-bond donors (Lipinski definition) is 1. The van der Waals surface area contributed by atoms with Gasteiger partial charge < -0.3 is 10.6 Å². The second-order valence-electron chi connectivity index (χ2n) is 4.59. The molecule has 3 heteroatoms. The first kappa shape index (κ1) is 11.9. The zero-order valence-electron chi connectivity index (χ0n) is 10.9. The van der Waals surface area contributed by atoms with Crippen molar-refractivity contribution in [3.63, 3.8) is 0 Å². The molecule has 0 unspecified atom stereocenters. The smallest absolute Gasteiger partial charge is 0.0755 e. The molecule has 1 aromatic heterocycles. The highest BCUT2D eigenvalue weighted by Crippen LogP contribution is 2.31. The Hall–Kier alpha value is -1.61. The van der Waals surface area contributed by atoms with Crippen molar-refractivity contribution in [2.75, 3.05) is 19.0 Å². The van der Waals surface area contributed by atoms with E-state index in [1.165, 1.54) is 16.6 Å². The minimum absolute atomic E-state index is 0.524. The highest BCUT2D eigenvalue weighted by molar-refractivity contribution is 5.95. The van der Waals surface area contributed by atoms with Gasteiger partial charge in [0.1, 0.15) is 0 Å². The number of nitrogens with zero attached hydrogens (tertiary/aromatic N) is 2. The molecule has 0 aliphatic rings. The number of nitrogens with two attached hydrogens (primary N) is 1. The van der Waals surface area contributed by atoms with E-state index in [2.05, 4.69) is 49.1 Å². The summed E-state index contributed by atoms with van der Waals surface area (Å²) in [5.74, 6) is 0. The second kappa shape index (κ2) is 4.34. The molecule has 0 bridgehead atoms. The van der Waals surface area contributed by atoms with Crippen molar-refractivity contribution in [1.82, 2.24) is 4.98 Å². The summed E-state index contributed by atoms with van der Waals surface area (Å²) in [4.78, 5) is 6.81. The van der Waals surface area contributed by atoms with Crippen LogP contribution in [0.5, 0.6) is 0 Å². The summed E-state index contributed by atoms with van der Waals surface area (Å²) in [5, 5.41) is 1.18. The average molecular weight is 229 g/mol. The van der Waals surface area contributed by atoms with Crippen LogP contribution < -0.4 is 10.6 Å². The number of hydrogen-bond acceptors (Lipinski definition) is 3. The highest BCUT2D eigenvalue weighted by Gasteiger charge is 2.13. The SMILES string of the molecule is Cc1nc2c(C)cccc2c(N(C)C)c1CN. The molecule has 0 radical (unpaired) electrons. The van der Waals surface area contributed by atoms with Crippen LogP contribution in [0.15, 0.2) is 18.2 Å². The number of fused-ring (bicyclic) bond motifs is 1. The number of benzene rings is 1. The van der Waals surface area contributed by atoms with Crippen LogP contribution in [-0.4, -0.2) is 19.1 Å². The molecule has 0 amide bonds. The molecular formula is C14H19N3. The summed E-state index contributed by atoms with van der Waals surface area (Å²) in [5.41, 5.74) is 11.5. The molecule has 2 rings (SSSR count). The van der Waals surface area contributed by atoms with Gasteiger partial charge in [-0.3, -0.25) is 4.98 Å². The van der Waals surface area contributed by atoms with E-state index in [1.54, 1.807) is 0 Å². The van der Waals surface area contributed by atoms with Gasteiger partial charge in [-0.05, 0) is 19.4 Å². The van der Waals surface area contributed by atoms with Crippen LogP contribution in [0.1, 0.15) is 16.8 Å². The first-order chi connectivity index (χ1) is 8.06.